The molecule has 0 spiro atoms. The van der Waals surface area contributed by atoms with E-state index in [0.29, 0.717) is 28.7 Å². The van der Waals surface area contributed by atoms with Crippen LogP contribution >= 0.6 is 11.6 Å². The van der Waals surface area contributed by atoms with Crippen molar-refractivity contribution in [2.75, 3.05) is 7.11 Å². The van der Waals surface area contributed by atoms with Gasteiger partial charge in [0.2, 0.25) is 0 Å². The Kier molecular flexibility index (Phi) is 8.22. The molecule has 0 aliphatic carbocycles. The monoisotopic (exact) mass is 451 g/mol. The summed E-state index contributed by atoms with van der Waals surface area (Å²) >= 11 is 5.90. The van der Waals surface area contributed by atoms with Crippen molar-refractivity contribution in [2.24, 2.45) is 5.10 Å². The van der Waals surface area contributed by atoms with Crippen molar-refractivity contribution in [2.45, 2.75) is 13.2 Å². The maximum absolute atomic E-state index is 12.0. The predicted octanol–water partition coefficient (Wildman–Crippen LogP) is 3.69. The molecule has 7 nitrogen and oxygen atoms in total. The van der Waals surface area contributed by atoms with Crippen molar-refractivity contribution in [1.29, 1.82) is 0 Å². The molecule has 2 N–H and O–H groups in total. The molecule has 3 aromatic rings. The summed E-state index contributed by atoms with van der Waals surface area (Å²) in [4.78, 5) is 24.0. The molecule has 0 aliphatic rings. The van der Waals surface area contributed by atoms with Crippen molar-refractivity contribution >= 4 is 29.6 Å². The Morgan fingerprint density at radius 2 is 1.62 bits per heavy atom. The molecule has 0 fully saturated rings. The molecule has 3 rings (SSSR count). The summed E-state index contributed by atoms with van der Waals surface area (Å²) in [5, 5.41) is 7.06. The number of nitrogens with one attached hydrogen (secondary N) is 2. The smallest absolute Gasteiger partial charge is 0.329 e. The van der Waals surface area contributed by atoms with Crippen LogP contribution in [-0.2, 0) is 22.7 Å². The molecule has 164 valence electrons. The van der Waals surface area contributed by atoms with E-state index in [9.17, 15) is 9.59 Å². The number of carbonyl (C=O) groups excluding carboxylic acids is 2. The lowest BCUT2D eigenvalue weighted by atomic mass is 10.2. The largest absolute Gasteiger partial charge is 0.497 e. The maximum atomic E-state index is 12.0. The lowest BCUT2D eigenvalue weighted by Gasteiger charge is -2.09. The van der Waals surface area contributed by atoms with Gasteiger partial charge in [-0.3, -0.25) is 9.59 Å². The second-order valence-electron chi connectivity index (χ2n) is 6.68. The Morgan fingerprint density at radius 3 is 2.34 bits per heavy atom. The zero-order valence-electron chi connectivity index (χ0n) is 17.4. The van der Waals surface area contributed by atoms with Gasteiger partial charge in [-0.2, -0.15) is 5.10 Å². The molecule has 0 saturated heterocycles. The van der Waals surface area contributed by atoms with Crippen LogP contribution in [0, 0.1) is 0 Å². The Bertz CT molecular complexity index is 1080. The van der Waals surface area contributed by atoms with Crippen LogP contribution in [0.25, 0.3) is 0 Å². The molecule has 0 aliphatic heterocycles. The van der Waals surface area contributed by atoms with Gasteiger partial charge in [-0.05, 0) is 47.5 Å². The predicted molar refractivity (Wildman–Crippen MR) is 123 cm³/mol. The molecular weight excluding hydrogens is 430 g/mol. The van der Waals surface area contributed by atoms with Gasteiger partial charge in [0.1, 0.15) is 18.1 Å². The second-order valence-corrected chi connectivity index (χ2v) is 7.12. The lowest BCUT2D eigenvalue weighted by Crippen LogP contribution is -2.37. The topological polar surface area (TPSA) is 89.0 Å². The average Bonchev–Trinajstić information content (AvgIpc) is 2.83. The van der Waals surface area contributed by atoms with Crippen molar-refractivity contribution in [3.63, 3.8) is 0 Å². The average molecular weight is 452 g/mol. The molecule has 0 bridgehead atoms. The molecular formula is C24H22ClN3O4. The lowest BCUT2D eigenvalue weighted by molar-refractivity contribution is -0.139. The molecule has 0 radical (unpaired) electrons. The standard InChI is InChI=1S/C24H22ClN3O4/c1-31-21-12-8-17(9-13-21)14-26-23(29)24(30)28-27-15-19-4-2-3-5-22(19)32-16-18-6-10-20(25)11-7-18/h2-13,15H,14,16H2,1H3,(H,26,29)(H,28,30)/b27-15-. The van der Waals surface area contributed by atoms with E-state index in [-0.39, 0.29) is 6.54 Å². The fourth-order valence-electron chi connectivity index (χ4n) is 2.68. The number of hydrazone groups is 1. The van der Waals surface area contributed by atoms with E-state index < -0.39 is 11.8 Å². The van der Waals surface area contributed by atoms with Crippen LogP contribution in [0.1, 0.15) is 16.7 Å². The minimum atomic E-state index is -0.866. The Morgan fingerprint density at radius 1 is 0.938 bits per heavy atom. The summed E-state index contributed by atoms with van der Waals surface area (Å²) in [5.41, 5.74) is 4.67. The van der Waals surface area contributed by atoms with E-state index >= 15 is 0 Å². The minimum absolute atomic E-state index is 0.210. The number of amides is 2. The number of hydrogen-bond acceptors (Lipinski definition) is 5. The highest BCUT2D eigenvalue weighted by Gasteiger charge is 2.12. The number of para-hydroxylation sites is 1. The highest BCUT2D eigenvalue weighted by molar-refractivity contribution is 6.35. The van der Waals surface area contributed by atoms with Gasteiger partial charge in [0.25, 0.3) is 0 Å². The summed E-state index contributed by atoms with van der Waals surface area (Å²) < 4.78 is 10.9. The van der Waals surface area contributed by atoms with Crippen LogP contribution in [0.2, 0.25) is 5.02 Å². The van der Waals surface area contributed by atoms with E-state index in [1.54, 1.807) is 55.6 Å². The number of hydrogen-bond donors (Lipinski definition) is 2. The SMILES string of the molecule is COc1ccc(CNC(=O)C(=O)N/N=C\c2ccccc2OCc2ccc(Cl)cc2)cc1. The number of nitrogens with zero attached hydrogens (tertiary/aromatic N) is 1. The Labute approximate surface area is 191 Å². The zero-order valence-corrected chi connectivity index (χ0v) is 18.1. The van der Waals surface area contributed by atoms with Gasteiger partial charge in [0.05, 0.1) is 13.3 Å². The molecule has 0 atom stereocenters. The van der Waals surface area contributed by atoms with Crippen LogP contribution in [0.15, 0.2) is 77.9 Å². The first-order valence-corrected chi connectivity index (χ1v) is 10.1. The van der Waals surface area contributed by atoms with Crippen LogP contribution < -0.4 is 20.2 Å². The van der Waals surface area contributed by atoms with Crippen LogP contribution in [0.3, 0.4) is 0 Å². The summed E-state index contributed by atoms with van der Waals surface area (Å²) in [6.45, 7) is 0.559. The minimum Gasteiger partial charge on any atom is -0.497 e. The van der Waals surface area contributed by atoms with E-state index in [1.165, 1.54) is 6.21 Å². The third kappa shape index (κ3) is 6.85. The van der Waals surface area contributed by atoms with Crippen molar-refractivity contribution < 1.29 is 19.1 Å². The van der Waals surface area contributed by atoms with Gasteiger partial charge in [-0.1, -0.05) is 48.0 Å². The fraction of sp³-hybridized carbons (Fsp3) is 0.125. The second kappa shape index (κ2) is 11.5. The number of methoxy groups -OCH3 is 1. The third-order valence-electron chi connectivity index (χ3n) is 4.41. The summed E-state index contributed by atoms with van der Waals surface area (Å²) in [6.07, 6.45) is 1.42. The quantitative estimate of drug-likeness (QED) is 0.310. The van der Waals surface area contributed by atoms with Crippen LogP contribution in [0.4, 0.5) is 0 Å². The van der Waals surface area contributed by atoms with Gasteiger partial charge in [-0.25, -0.2) is 5.43 Å². The summed E-state index contributed by atoms with van der Waals surface area (Å²) in [5.74, 6) is -0.353. The Hall–Kier alpha value is -3.84. The van der Waals surface area contributed by atoms with Gasteiger partial charge in [-0.15, -0.1) is 0 Å². The van der Waals surface area contributed by atoms with Crippen LogP contribution in [0.5, 0.6) is 11.5 Å². The molecule has 0 heterocycles. The van der Waals surface area contributed by atoms with Gasteiger partial charge in [0, 0.05) is 17.1 Å². The maximum Gasteiger partial charge on any atom is 0.329 e. The van der Waals surface area contributed by atoms with Gasteiger partial charge < -0.3 is 14.8 Å². The first-order valence-electron chi connectivity index (χ1n) is 9.75. The molecule has 8 heteroatoms. The Balaban J connectivity index is 1.50. The molecule has 0 saturated carbocycles. The van der Waals surface area contributed by atoms with Gasteiger partial charge >= 0.3 is 11.8 Å². The van der Waals surface area contributed by atoms with Crippen molar-refractivity contribution in [1.82, 2.24) is 10.7 Å². The number of ether oxygens (including phenoxy) is 2. The molecule has 32 heavy (non-hydrogen) atoms. The highest BCUT2D eigenvalue weighted by Crippen LogP contribution is 2.18. The molecule has 0 unspecified atom stereocenters. The third-order valence-corrected chi connectivity index (χ3v) is 4.67. The van der Waals surface area contributed by atoms with Crippen molar-refractivity contribution in [3.8, 4) is 11.5 Å². The molecule has 3 aromatic carbocycles. The van der Waals surface area contributed by atoms with Gasteiger partial charge in [0.15, 0.2) is 0 Å². The number of halogens is 1. The first kappa shape index (κ1) is 22.8. The van der Waals surface area contributed by atoms with E-state index in [0.717, 1.165) is 11.1 Å². The first-order chi connectivity index (χ1) is 15.5. The molecule has 0 aromatic heterocycles. The fourth-order valence-corrected chi connectivity index (χ4v) is 2.80. The van der Waals surface area contributed by atoms with E-state index in [2.05, 4.69) is 15.8 Å². The number of rotatable bonds is 8. The van der Waals surface area contributed by atoms with Crippen LogP contribution in [-0.4, -0.2) is 25.1 Å². The zero-order chi connectivity index (χ0) is 22.8. The van der Waals surface area contributed by atoms with E-state index in [1.807, 2.05) is 24.3 Å². The van der Waals surface area contributed by atoms with Crippen molar-refractivity contribution in [3.05, 3.63) is 94.5 Å². The summed E-state index contributed by atoms with van der Waals surface area (Å²) in [6, 6.07) is 21.7. The number of benzene rings is 3. The number of carbonyl (C=O) groups is 2. The highest BCUT2D eigenvalue weighted by atomic mass is 35.5. The molecule has 2 amide bonds. The normalized spacial score (nSPS) is 10.6. The van der Waals surface area contributed by atoms with E-state index in [4.69, 9.17) is 21.1 Å². The summed E-state index contributed by atoms with van der Waals surface area (Å²) in [7, 11) is 1.58.